The number of ether oxygens (including phenoxy) is 3. The molecule has 0 saturated heterocycles. The molecule has 0 bridgehead atoms. The molecule has 0 aliphatic carbocycles. The topological polar surface area (TPSA) is 81.7 Å². The number of aromatic nitrogens is 1. The molecule has 1 amide bonds. The van der Waals surface area contributed by atoms with Gasteiger partial charge < -0.3 is 24.8 Å². The first-order valence-electron chi connectivity index (χ1n) is 11.5. The van der Waals surface area contributed by atoms with Crippen molar-refractivity contribution >= 4 is 51.4 Å². The summed E-state index contributed by atoms with van der Waals surface area (Å²) in [7, 11) is 3.14. The molecule has 0 aliphatic heterocycles. The van der Waals surface area contributed by atoms with Crippen molar-refractivity contribution in [1.82, 2.24) is 10.3 Å². The van der Waals surface area contributed by atoms with Crippen LogP contribution >= 0.6 is 23.8 Å². The van der Waals surface area contributed by atoms with Crippen LogP contribution in [0.2, 0.25) is 5.02 Å². The van der Waals surface area contributed by atoms with Crippen molar-refractivity contribution in [3.05, 3.63) is 83.0 Å². The van der Waals surface area contributed by atoms with Crippen LogP contribution in [0.25, 0.3) is 10.9 Å². The van der Waals surface area contributed by atoms with E-state index in [4.69, 9.17) is 38.0 Å². The Balaban J connectivity index is 1.40. The third kappa shape index (κ3) is 6.47. The number of hydrogen-bond acceptors (Lipinski definition) is 6. The summed E-state index contributed by atoms with van der Waals surface area (Å²) in [4.78, 5) is 16.7. The number of rotatable bonds is 8. The second kappa shape index (κ2) is 11.9. The minimum atomic E-state index is -0.163. The third-order valence-corrected chi connectivity index (χ3v) is 6.25. The summed E-state index contributed by atoms with van der Waals surface area (Å²) in [6.07, 6.45) is 2.62. The zero-order chi connectivity index (χ0) is 26.4. The number of anilines is 1. The fourth-order valence-corrected chi connectivity index (χ4v) is 4.26. The molecule has 4 rings (SSSR count). The number of methoxy groups -OCH3 is 2. The minimum Gasteiger partial charge on any atom is -0.493 e. The number of halogens is 1. The van der Waals surface area contributed by atoms with E-state index in [-0.39, 0.29) is 11.0 Å². The maximum absolute atomic E-state index is 12.3. The van der Waals surface area contributed by atoms with Gasteiger partial charge in [0.1, 0.15) is 11.5 Å². The molecule has 0 atom stereocenters. The van der Waals surface area contributed by atoms with Crippen LogP contribution < -0.4 is 24.8 Å². The zero-order valence-electron chi connectivity index (χ0n) is 20.6. The summed E-state index contributed by atoms with van der Waals surface area (Å²) in [6.45, 7) is 2.03. The number of fused-ring (bicyclic) bond motifs is 1. The summed E-state index contributed by atoms with van der Waals surface area (Å²) < 4.78 is 16.9. The highest BCUT2D eigenvalue weighted by Gasteiger charge is 2.13. The van der Waals surface area contributed by atoms with Crippen LogP contribution in [0.3, 0.4) is 0 Å². The van der Waals surface area contributed by atoms with Gasteiger partial charge in [0.25, 0.3) is 0 Å². The number of pyridine rings is 1. The molecule has 0 aliphatic rings. The first-order valence-corrected chi connectivity index (χ1v) is 12.3. The smallest absolute Gasteiger partial charge is 0.226 e. The lowest BCUT2D eigenvalue weighted by molar-refractivity contribution is -0.119. The van der Waals surface area contributed by atoms with Crippen LogP contribution in [-0.2, 0) is 11.2 Å². The molecular formula is C28H26ClN3O4S. The van der Waals surface area contributed by atoms with E-state index in [1.165, 1.54) is 0 Å². The van der Waals surface area contributed by atoms with E-state index in [2.05, 4.69) is 15.6 Å². The van der Waals surface area contributed by atoms with Gasteiger partial charge in [0, 0.05) is 29.8 Å². The Morgan fingerprint density at radius 1 is 0.973 bits per heavy atom. The van der Waals surface area contributed by atoms with Gasteiger partial charge in [-0.25, -0.2) is 0 Å². The Hall–Kier alpha value is -3.88. The summed E-state index contributed by atoms with van der Waals surface area (Å²) in [5, 5.41) is 7.00. The molecule has 37 heavy (non-hydrogen) atoms. The number of nitrogens with one attached hydrogen (secondary N) is 2. The van der Waals surface area contributed by atoms with Crippen molar-refractivity contribution in [3.63, 3.8) is 0 Å². The number of carbonyl (C=O) groups excluding carboxylic acids is 1. The molecule has 4 aromatic rings. The van der Waals surface area contributed by atoms with Gasteiger partial charge in [-0.1, -0.05) is 35.9 Å². The van der Waals surface area contributed by atoms with Crippen molar-refractivity contribution in [3.8, 4) is 23.0 Å². The summed E-state index contributed by atoms with van der Waals surface area (Å²) >= 11 is 11.8. The molecule has 1 aromatic heterocycles. The van der Waals surface area contributed by atoms with Gasteiger partial charge in [-0.05, 0) is 67.0 Å². The number of amides is 1. The zero-order valence-corrected chi connectivity index (χ0v) is 22.2. The highest BCUT2D eigenvalue weighted by atomic mass is 35.5. The van der Waals surface area contributed by atoms with Crippen LogP contribution in [0.15, 0.2) is 66.9 Å². The SMILES string of the molecule is COc1cc2nccc(Oc3ccc(NC(=S)NC(=O)CCc4ccccc4C)cc3Cl)c2cc1OC. The Labute approximate surface area is 225 Å². The summed E-state index contributed by atoms with van der Waals surface area (Å²) in [5.41, 5.74) is 3.60. The molecule has 7 nitrogen and oxygen atoms in total. The summed E-state index contributed by atoms with van der Waals surface area (Å²) in [6, 6.07) is 18.5. The Morgan fingerprint density at radius 3 is 2.46 bits per heavy atom. The number of benzene rings is 3. The lowest BCUT2D eigenvalue weighted by Gasteiger charge is -2.14. The van der Waals surface area contributed by atoms with E-state index in [9.17, 15) is 4.79 Å². The molecule has 0 fully saturated rings. The normalized spacial score (nSPS) is 10.6. The lowest BCUT2D eigenvalue weighted by atomic mass is 10.0. The van der Waals surface area contributed by atoms with E-state index in [1.807, 2.05) is 31.2 Å². The van der Waals surface area contributed by atoms with Gasteiger partial charge in [-0.2, -0.15) is 0 Å². The van der Waals surface area contributed by atoms with Gasteiger partial charge in [0.2, 0.25) is 5.91 Å². The van der Waals surface area contributed by atoms with Crippen molar-refractivity contribution in [1.29, 1.82) is 0 Å². The molecular weight excluding hydrogens is 510 g/mol. The monoisotopic (exact) mass is 535 g/mol. The third-order valence-electron chi connectivity index (χ3n) is 5.75. The molecule has 3 aromatic carbocycles. The molecule has 0 saturated carbocycles. The standard InChI is InChI=1S/C28H26ClN3O4S/c1-17-6-4-5-7-18(17)8-11-27(33)32-28(37)31-19-9-10-24(21(29)14-19)36-23-12-13-30-22-16-26(35-3)25(34-2)15-20(22)23/h4-7,9-10,12-16H,8,11H2,1-3H3,(H2,31,32,33,37). The molecule has 0 unspecified atom stereocenters. The van der Waals surface area contributed by atoms with Crippen molar-refractivity contribution in [2.75, 3.05) is 19.5 Å². The first-order chi connectivity index (χ1) is 17.9. The quantitative estimate of drug-likeness (QED) is 0.251. The minimum absolute atomic E-state index is 0.163. The predicted octanol–water partition coefficient (Wildman–Crippen LogP) is 6.45. The highest BCUT2D eigenvalue weighted by molar-refractivity contribution is 7.80. The second-order valence-corrected chi connectivity index (χ2v) is 9.02. The van der Waals surface area contributed by atoms with Gasteiger partial charge in [0.05, 0.1) is 24.8 Å². The Bertz CT molecular complexity index is 1460. The number of nitrogens with zero attached hydrogens (tertiary/aromatic N) is 1. The van der Waals surface area contributed by atoms with E-state index in [0.717, 1.165) is 16.5 Å². The van der Waals surface area contributed by atoms with E-state index >= 15 is 0 Å². The maximum Gasteiger partial charge on any atom is 0.226 e. The highest BCUT2D eigenvalue weighted by Crippen LogP contribution is 2.38. The van der Waals surface area contributed by atoms with E-state index in [1.54, 1.807) is 56.8 Å². The van der Waals surface area contributed by atoms with Crippen LogP contribution in [0.4, 0.5) is 5.69 Å². The average molecular weight is 536 g/mol. The largest absolute Gasteiger partial charge is 0.493 e. The van der Waals surface area contributed by atoms with Crippen molar-refractivity contribution in [2.45, 2.75) is 19.8 Å². The maximum atomic E-state index is 12.3. The first kappa shape index (κ1) is 26.2. The van der Waals surface area contributed by atoms with Crippen molar-refractivity contribution in [2.24, 2.45) is 0 Å². The van der Waals surface area contributed by atoms with Crippen molar-refractivity contribution < 1.29 is 19.0 Å². The van der Waals surface area contributed by atoms with E-state index < -0.39 is 0 Å². The number of carbonyl (C=O) groups is 1. The molecule has 0 radical (unpaired) electrons. The van der Waals surface area contributed by atoms with Gasteiger partial charge in [-0.3, -0.25) is 9.78 Å². The Morgan fingerprint density at radius 2 is 1.73 bits per heavy atom. The molecule has 1 heterocycles. The summed E-state index contributed by atoms with van der Waals surface area (Å²) in [5.74, 6) is 1.98. The van der Waals surface area contributed by atoms with Crippen LogP contribution in [0, 0.1) is 6.92 Å². The number of aryl methyl sites for hydroxylation is 2. The van der Waals surface area contributed by atoms with Gasteiger partial charge in [-0.15, -0.1) is 0 Å². The fraction of sp³-hybridized carbons (Fsp3) is 0.179. The number of thiocarbonyl (C=S) groups is 1. The average Bonchev–Trinajstić information content (AvgIpc) is 2.89. The lowest BCUT2D eigenvalue weighted by Crippen LogP contribution is -2.34. The van der Waals surface area contributed by atoms with Gasteiger partial charge in [0.15, 0.2) is 16.6 Å². The fourth-order valence-electron chi connectivity index (χ4n) is 3.81. The molecule has 0 spiro atoms. The Kier molecular flexibility index (Phi) is 8.43. The van der Waals surface area contributed by atoms with Crippen LogP contribution in [0.5, 0.6) is 23.0 Å². The molecule has 2 N–H and O–H groups in total. The van der Waals surface area contributed by atoms with Gasteiger partial charge >= 0.3 is 0 Å². The molecule has 190 valence electrons. The van der Waals surface area contributed by atoms with Crippen LogP contribution in [0.1, 0.15) is 17.5 Å². The van der Waals surface area contributed by atoms with Crippen LogP contribution in [-0.4, -0.2) is 30.2 Å². The second-order valence-electron chi connectivity index (χ2n) is 8.21. The number of hydrogen-bond donors (Lipinski definition) is 2. The predicted molar refractivity (Wildman–Crippen MR) is 150 cm³/mol. The van der Waals surface area contributed by atoms with E-state index in [0.29, 0.717) is 52.1 Å². The molecule has 9 heteroatoms.